The van der Waals surface area contributed by atoms with Gasteiger partial charge in [-0.2, -0.15) is 19.6 Å². The molecule has 0 N–H and O–H groups in total. The summed E-state index contributed by atoms with van der Waals surface area (Å²) in [4.78, 5) is 18.4. The van der Waals surface area contributed by atoms with Gasteiger partial charge in [0.25, 0.3) is 11.5 Å². The second-order valence-corrected chi connectivity index (χ2v) is 4.54. The number of benzene rings is 1. The number of ether oxygens (including phenoxy) is 1. The number of hydrogen-bond donors (Lipinski definition) is 0. The standard InChI is InChI=1S/C12H8ClN5O3/c1-7-8(18(19)20)3-2-4-9(7)21-11-5-10(13)16-12-14-6-15-17(11)12/h2-6H,1H3. The van der Waals surface area contributed by atoms with Crippen molar-refractivity contribution < 1.29 is 9.66 Å². The Kier molecular flexibility index (Phi) is 3.15. The molecule has 0 aliphatic rings. The van der Waals surface area contributed by atoms with Crippen LogP contribution in [0.4, 0.5) is 5.69 Å². The van der Waals surface area contributed by atoms with Crippen LogP contribution in [0.2, 0.25) is 5.15 Å². The van der Waals surface area contributed by atoms with E-state index >= 15 is 0 Å². The van der Waals surface area contributed by atoms with Crippen molar-refractivity contribution in [3.63, 3.8) is 0 Å². The summed E-state index contributed by atoms with van der Waals surface area (Å²) in [6, 6.07) is 6.04. The first-order valence-electron chi connectivity index (χ1n) is 5.84. The average molecular weight is 306 g/mol. The van der Waals surface area contributed by atoms with Crippen molar-refractivity contribution in [1.82, 2.24) is 19.6 Å². The highest BCUT2D eigenvalue weighted by molar-refractivity contribution is 6.29. The van der Waals surface area contributed by atoms with Gasteiger partial charge < -0.3 is 4.74 Å². The van der Waals surface area contributed by atoms with Crippen molar-refractivity contribution in [2.75, 3.05) is 0 Å². The molecule has 0 bridgehead atoms. The average Bonchev–Trinajstić information content (AvgIpc) is 2.88. The normalized spacial score (nSPS) is 10.8. The largest absolute Gasteiger partial charge is 0.438 e. The van der Waals surface area contributed by atoms with Crippen LogP contribution in [0.1, 0.15) is 5.56 Å². The second kappa shape index (κ2) is 4.98. The first kappa shape index (κ1) is 13.3. The number of hydrogen-bond acceptors (Lipinski definition) is 6. The molecule has 2 aromatic heterocycles. The predicted octanol–water partition coefficient (Wildman–Crippen LogP) is 2.79. The van der Waals surface area contributed by atoms with E-state index in [0.717, 1.165) is 0 Å². The Hall–Kier alpha value is -2.74. The Morgan fingerprint density at radius 3 is 3.00 bits per heavy atom. The Balaban J connectivity index is 2.09. The van der Waals surface area contributed by atoms with Crippen molar-refractivity contribution in [3.8, 4) is 11.6 Å². The van der Waals surface area contributed by atoms with Crippen molar-refractivity contribution >= 4 is 23.1 Å². The molecule has 0 unspecified atom stereocenters. The minimum atomic E-state index is -0.465. The Bertz CT molecular complexity index is 848. The lowest BCUT2D eigenvalue weighted by atomic mass is 10.2. The third-order valence-electron chi connectivity index (χ3n) is 2.85. The lowest BCUT2D eigenvalue weighted by molar-refractivity contribution is -0.385. The number of aromatic nitrogens is 4. The highest BCUT2D eigenvalue weighted by atomic mass is 35.5. The second-order valence-electron chi connectivity index (χ2n) is 4.15. The molecule has 0 saturated carbocycles. The topological polar surface area (TPSA) is 95.5 Å². The summed E-state index contributed by atoms with van der Waals surface area (Å²) >= 11 is 5.89. The molecule has 2 heterocycles. The van der Waals surface area contributed by atoms with Crippen LogP contribution in [0.3, 0.4) is 0 Å². The van der Waals surface area contributed by atoms with Gasteiger partial charge in [-0.05, 0) is 13.0 Å². The zero-order valence-corrected chi connectivity index (χ0v) is 11.5. The number of nitrogens with zero attached hydrogens (tertiary/aromatic N) is 5. The summed E-state index contributed by atoms with van der Waals surface area (Å²) in [6.07, 6.45) is 1.31. The number of nitro benzene ring substituents is 1. The van der Waals surface area contributed by atoms with Gasteiger partial charge in [-0.15, -0.1) is 0 Å². The zero-order chi connectivity index (χ0) is 15.0. The Morgan fingerprint density at radius 1 is 1.43 bits per heavy atom. The van der Waals surface area contributed by atoms with Crippen LogP contribution < -0.4 is 4.74 Å². The summed E-state index contributed by atoms with van der Waals surface area (Å²) in [7, 11) is 0. The molecule has 0 aliphatic heterocycles. The minimum absolute atomic E-state index is 0.0255. The first-order chi connectivity index (χ1) is 10.1. The van der Waals surface area contributed by atoms with Gasteiger partial charge in [0.15, 0.2) is 0 Å². The van der Waals surface area contributed by atoms with E-state index in [2.05, 4.69) is 15.1 Å². The predicted molar refractivity (Wildman–Crippen MR) is 73.7 cm³/mol. The molecule has 1 aromatic carbocycles. The highest BCUT2D eigenvalue weighted by Gasteiger charge is 2.16. The fraction of sp³-hybridized carbons (Fsp3) is 0.0833. The molecule has 0 fully saturated rings. The van der Waals surface area contributed by atoms with E-state index < -0.39 is 4.92 Å². The molecule has 106 valence electrons. The maximum Gasteiger partial charge on any atom is 0.276 e. The van der Waals surface area contributed by atoms with Gasteiger partial charge in [-0.3, -0.25) is 10.1 Å². The summed E-state index contributed by atoms with van der Waals surface area (Å²) in [5.74, 6) is 0.884. The molecule has 9 heteroatoms. The molecule has 0 radical (unpaired) electrons. The lowest BCUT2D eigenvalue weighted by Gasteiger charge is -2.09. The number of rotatable bonds is 3. The number of nitro groups is 1. The van der Waals surface area contributed by atoms with E-state index in [0.29, 0.717) is 11.3 Å². The molecule has 3 aromatic rings. The summed E-state index contributed by atoms with van der Waals surface area (Å²) in [6.45, 7) is 1.61. The smallest absolute Gasteiger partial charge is 0.276 e. The van der Waals surface area contributed by atoms with Crippen LogP contribution in [0.5, 0.6) is 11.6 Å². The summed E-state index contributed by atoms with van der Waals surface area (Å²) < 4.78 is 7.04. The molecule has 21 heavy (non-hydrogen) atoms. The van der Waals surface area contributed by atoms with Crippen molar-refractivity contribution in [2.24, 2.45) is 0 Å². The maximum atomic E-state index is 10.9. The molecule has 8 nitrogen and oxygen atoms in total. The van der Waals surface area contributed by atoms with Gasteiger partial charge in [0, 0.05) is 12.1 Å². The van der Waals surface area contributed by atoms with Crippen LogP contribution in [-0.4, -0.2) is 24.5 Å². The van der Waals surface area contributed by atoms with Crippen LogP contribution in [-0.2, 0) is 0 Å². The van der Waals surface area contributed by atoms with E-state index in [1.54, 1.807) is 19.1 Å². The van der Waals surface area contributed by atoms with Crippen LogP contribution in [0.25, 0.3) is 5.78 Å². The monoisotopic (exact) mass is 305 g/mol. The van der Waals surface area contributed by atoms with E-state index in [4.69, 9.17) is 16.3 Å². The first-order valence-corrected chi connectivity index (χ1v) is 6.22. The SMILES string of the molecule is Cc1c(Oc2cc(Cl)nc3ncnn23)cccc1[N+](=O)[O-]. The van der Waals surface area contributed by atoms with Gasteiger partial charge in [-0.25, -0.2) is 0 Å². The third kappa shape index (κ3) is 2.36. The van der Waals surface area contributed by atoms with E-state index in [9.17, 15) is 10.1 Å². The Labute approximate surface area is 123 Å². The van der Waals surface area contributed by atoms with Crippen molar-refractivity contribution in [1.29, 1.82) is 0 Å². The number of fused-ring (bicyclic) bond motifs is 1. The molecular weight excluding hydrogens is 298 g/mol. The molecule has 0 atom stereocenters. The maximum absolute atomic E-state index is 10.9. The molecule has 3 rings (SSSR count). The number of halogens is 1. The van der Waals surface area contributed by atoms with Crippen LogP contribution in [0, 0.1) is 17.0 Å². The molecule has 0 saturated heterocycles. The van der Waals surface area contributed by atoms with Crippen LogP contribution >= 0.6 is 11.6 Å². The van der Waals surface area contributed by atoms with Gasteiger partial charge >= 0.3 is 0 Å². The van der Waals surface area contributed by atoms with Gasteiger partial charge in [-0.1, -0.05) is 17.7 Å². The van der Waals surface area contributed by atoms with Crippen LogP contribution in [0.15, 0.2) is 30.6 Å². The molecular formula is C12H8ClN5O3. The van der Waals surface area contributed by atoms with Crippen molar-refractivity contribution in [3.05, 3.63) is 51.4 Å². The fourth-order valence-electron chi connectivity index (χ4n) is 1.85. The highest BCUT2D eigenvalue weighted by Crippen LogP contribution is 2.31. The zero-order valence-electron chi connectivity index (χ0n) is 10.7. The Morgan fingerprint density at radius 2 is 2.24 bits per heavy atom. The molecule has 0 spiro atoms. The van der Waals surface area contributed by atoms with Gasteiger partial charge in [0.1, 0.15) is 17.2 Å². The van der Waals surface area contributed by atoms with Crippen molar-refractivity contribution in [2.45, 2.75) is 6.92 Å². The van der Waals surface area contributed by atoms with E-state index in [1.807, 2.05) is 0 Å². The molecule has 0 amide bonds. The van der Waals surface area contributed by atoms with E-state index in [-0.39, 0.29) is 22.5 Å². The third-order valence-corrected chi connectivity index (χ3v) is 3.05. The van der Waals surface area contributed by atoms with E-state index in [1.165, 1.54) is 23.0 Å². The summed E-state index contributed by atoms with van der Waals surface area (Å²) in [5, 5.41) is 15.1. The van der Waals surface area contributed by atoms with Gasteiger partial charge in [0.2, 0.25) is 5.88 Å². The fourth-order valence-corrected chi connectivity index (χ4v) is 2.02. The molecule has 0 aliphatic carbocycles. The minimum Gasteiger partial charge on any atom is -0.438 e. The summed E-state index contributed by atoms with van der Waals surface area (Å²) in [5.41, 5.74) is 0.381. The van der Waals surface area contributed by atoms with Gasteiger partial charge in [0.05, 0.1) is 10.5 Å². The lowest BCUT2D eigenvalue weighted by Crippen LogP contribution is -2.00. The quantitative estimate of drug-likeness (QED) is 0.419.